The van der Waals surface area contributed by atoms with E-state index in [0.717, 1.165) is 23.7 Å². The summed E-state index contributed by atoms with van der Waals surface area (Å²) in [6.45, 7) is 6.21. The third-order valence-electron chi connectivity index (χ3n) is 3.46. The highest BCUT2D eigenvalue weighted by atomic mass is 35.5. The molecule has 5 heteroatoms. The van der Waals surface area contributed by atoms with Gasteiger partial charge in [0.05, 0.1) is 5.75 Å². The van der Waals surface area contributed by atoms with E-state index in [1.54, 1.807) is 0 Å². The number of anilines is 2. The molecule has 1 amide bonds. The molecule has 0 aromatic heterocycles. The Morgan fingerprint density at radius 3 is 2.22 bits per heavy atom. The molecule has 0 unspecified atom stereocenters. The minimum absolute atomic E-state index is 0.0134. The van der Waals surface area contributed by atoms with Gasteiger partial charge in [0.1, 0.15) is 0 Å². The number of rotatable bonds is 7. The largest absolute Gasteiger partial charge is 0.372 e. The minimum Gasteiger partial charge on any atom is -0.372 e. The second-order valence-electron chi connectivity index (χ2n) is 5.01. The van der Waals surface area contributed by atoms with E-state index in [1.165, 1.54) is 17.4 Å². The molecule has 0 saturated heterocycles. The Morgan fingerprint density at radius 2 is 1.65 bits per heavy atom. The molecule has 2 aromatic rings. The number of hydrogen-bond acceptors (Lipinski definition) is 3. The first-order chi connectivity index (χ1) is 11.1. The van der Waals surface area contributed by atoms with E-state index in [1.807, 2.05) is 48.5 Å². The van der Waals surface area contributed by atoms with Crippen molar-refractivity contribution in [2.45, 2.75) is 18.7 Å². The van der Waals surface area contributed by atoms with Gasteiger partial charge in [0.15, 0.2) is 0 Å². The van der Waals surface area contributed by atoms with Crippen molar-refractivity contribution in [1.29, 1.82) is 0 Å². The van der Waals surface area contributed by atoms with Gasteiger partial charge in [-0.3, -0.25) is 4.79 Å². The molecule has 0 atom stereocenters. The fraction of sp³-hybridized carbons (Fsp3) is 0.278. The van der Waals surface area contributed by atoms with E-state index >= 15 is 0 Å². The van der Waals surface area contributed by atoms with Crippen LogP contribution in [0.4, 0.5) is 11.4 Å². The Labute approximate surface area is 147 Å². The smallest absolute Gasteiger partial charge is 0.234 e. The molecule has 0 fully saturated rings. The fourth-order valence-electron chi connectivity index (χ4n) is 2.22. The first-order valence-electron chi connectivity index (χ1n) is 7.65. The Bertz CT molecular complexity index is 624. The van der Waals surface area contributed by atoms with Crippen LogP contribution in [0.3, 0.4) is 0 Å². The van der Waals surface area contributed by atoms with E-state index < -0.39 is 0 Å². The minimum atomic E-state index is -0.0134. The molecule has 0 bridgehead atoms. The molecule has 0 aliphatic rings. The van der Waals surface area contributed by atoms with Crippen LogP contribution >= 0.6 is 23.4 Å². The number of amides is 1. The van der Waals surface area contributed by atoms with Crippen LogP contribution < -0.4 is 10.2 Å². The number of benzene rings is 2. The third kappa shape index (κ3) is 5.48. The van der Waals surface area contributed by atoms with Gasteiger partial charge >= 0.3 is 0 Å². The zero-order valence-electron chi connectivity index (χ0n) is 13.4. The lowest BCUT2D eigenvalue weighted by molar-refractivity contribution is -0.113. The number of halogens is 1. The number of nitrogens with zero attached hydrogens (tertiary/aromatic N) is 1. The molecule has 23 heavy (non-hydrogen) atoms. The highest BCUT2D eigenvalue weighted by Crippen LogP contribution is 2.21. The van der Waals surface area contributed by atoms with E-state index in [2.05, 4.69) is 24.1 Å². The topological polar surface area (TPSA) is 32.3 Å². The lowest BCUT2D eigenvalue weighted by atomic mass is 10.2. The second-order valence-corrected chi connectivity index (χ2v) is 6.50. The summed E-state index contributed by atoms with van der Waals surface area (Å²) in [6.07, 6.45) is 0. The van der Waals surface area contributed by atoms with Gasteiger partial charge in [0.25, 0.3) is 0 Å². The van der Waals surface area contributed by atoms with E-state index in [4.69, 9.17) is 11.6 Å². The van der Waals surface area contributed by atoms with Gasteiger partial charge in [0.2, 0.25) is 5.91 Å². The van der Waals surface area contributed by atoms with Crippen LogP contribution in [0.25, 0.3) is 0 Å². The van der Waals surface area contributed by atoms with Gasteiger partial charge in [-0.25, -0.2) is 0 Å². The van der Waals surface area contributed by atoms with Crippen LogP contribution in [0, 0.1) is 0 Å². The number of carbonyl (C=O) groups is 1. The van der Waals surface area contributed by atoms with Crippen molar-refractivity contribution in [2.24, 2.45) is 0 Å². The molecule has 122 valence electrons. The summed E-state index contributed by atoms with van der Waals surface area (Å²) in [5.74, 6) is 0.361. The second kappa shape index (κ2) is 8.85. The van der Waals surface area contributed by atoms with Gasteiger partial charge in [-0.05, 0) is 62.4 Å². The summed E-state index contributed by atoms with van der Waals surface area (Å²) in [6, 6.07) is 15.4. The standard InChI is InChI=1S/C18H21ClN2OS/c1-3-21(4-2)16-9-7-15(8-10-16)20-18(22)13-23-17-11-5-14(19)6-12-17/h5-12H,3-4,13H2,1-2H3,(H,20,22). The van der Waals surface area contributed by atoms with E-state index in [0.29, 0.717) is 10.8 Å². The van der Waals surface area contributed by atoms with Crippen molar-refractivity contribution in [3.05, 3.63) is 53.6 Å². The zero-order valence-corrected chi connectivity index (χ0v) is 15.0. The van der Waals surface area contributed by atoms with Crippen LogP contribution in [-0.2, 0) is 4.79 Å². The molecule has 1 N–H and O–H groups in total. The molecule has 0 heterocycles. The summed E-state index contributed by atoms with van der Waals surface area (Å²) < 4.78 is 0. The summed E-state index contributed by atoms with van der Waals surface area (Å²) in [5.41, 5.74) is 1.99. The lowest BCUT2D eigenvalue weighted by Gasteiger charge is -2.21. The fourth-order valence-corrected chi connectivity index (χ4v) is 3.05. The quantitative estimate of drug-likeness (QED) is 0.721. The summed E-state index contributed by atoms with van der Waals surface area (Å²) in [7, 11) is 0. The van der Waals surface area contributed by atoms with Gasteiger partial charge in [0, 0.05) is 34.4 Å². The molecule has 0 aliphatic carbocycles. The predicted octanol–water partition coefficient (Wildman–Crippen LogP) is 4.92. The average Bonchev–Trinajstić information content (AvgIpc) is 2.57. The Morgan fingerprint density at radius 1 is 1.04 bits per heavy atom. The highest BCUT2D eigenvalue weighted by Gasteiger charge is 2.05. The number of carbonyl (C=O) groups excluding carboxylic acids is 1. The summed E-state index contributed by atoms with van der Waals surface area (Å²) in [4.78, 5) is 15.3. The third-order valence-corrected chi connectivity index (χ3v) is 4.73. The van der Waals surface area contributed by atoms with Crippen LogP contribution in [-0.4, -0.2) is 24.7 Å². The molecule has 0 radical (unpaired) electrons. The van der Waals surface area contributed by atoms with Gasteiger partial charge < -0.3 is 10.2 Å². The predicted molar refractivity (Wildman–Crippen MR) is 101 cm³/mol. The van der Waals surface area contributed by atoms with Gasteiger partial charge in [-0.2, -0.15) is 0 Å². The maximum Gasteiger partial charge on any atom is 0.234 e. The maximum atomic E-state index is 12.0. The van der Waals surface area contributed by atoms with Crippen LogP contribution in [0.5, 0.6) is 0 Å². The van der Waals surface area contributed by atoms with E-state index in [9.17, 15) is 4.79 Å². The molecule has 0 spiro atoms. The molecule has 3 nitrogen and oxygen atoms in total. The molecular formula is C18H21ClN2OS. The van der Waals surface area contributed by atoms with Crippen molar-refractivity contribution >= 4 is 40.6 Å². The van der Waals surface area contributed by atoms with Gasteiger partial charge in [-0.1, -0.05) is 11.6 Å². The molecule has 2 aromatic carbocycles. The lowest BCUT2D eigenvalue weighted by Crippen LogP contribution is -2.21. The van der Waals surface area contributed by atoms with Crippen LogP contribution in [0.15, 0.2) is 53.4 Å². The summed E-state index contributed by atoms with van der Waals surface area (Å²) >= 11 is 7.34. The van der Waals surface area contributed by atoms with Crippen molar-refractivity contribution in [3.63, 3.8) is 0 Å². The van der Waals surface area contributed by atoms with Gasteiger partial charge in [-0.15, -0.1) is 11.8 Å². The summed E-state index contributed by atoms with van der Waals surface area (Å²) in [5, 5.41) is 3.62. The SMILES string of the molecule is CCN(CC)c1ccc(NC(=O)CSc2ccc(Cl)cc2)cc1. The average molecular weight is 349 g/mol. The van der Waals surface area contributed by atoms with Crippen molar-refractivity contribution in [1.82, 2.24) is 0 Å². The number of thioether (sulfide) groups is 1. The van der Waals surface area contributed by atoms with Crippen molar-refractivity contribution < 1.29 is 4.79 Å². The van der Waals surface area contributed by atoms with Crippen LogP contribution in [0.2, 0.25) is 5.02 Å². The monoisotopic (exact) mass is 348 g/mol. The zero-order chi connectivity index (χ0) is 16.7. The molecule has 0 saturated carbocycles. The maximum absolute atomic E-state index is 12.0. The van der Waals surface area contributed by atoms with Crippen LogP contribution in [0.1, 0.15) is 13.8 Å². The Kier molecular flexibility index (Phi) is 6.81. The normalized spacial score (nSPS) is 10.4. The Hall–Kier alpha value is -1.65. The van der Waals surface area contributed by atoms with Crippen molar-refractivity contribution in [3.8, 4) is 0 Å². The number of hydrogen-bond donors (Lipinski definition) is 1. The number of nitrogens with one attached hydrogen (secondary N) is 1. The first-order valence-corrected chi connectivity index (χ1v) is 9.02. The van der Waals surface area contributed by atoms with Crippen molar-refractivity contribution in [2.75, 3.05) is 29.1 Å². The molecular weight excluding hydrogens is 328 g/mol. The molecule has 0 aliphatic heterocycles. The highest BCUT2D eigenvalue weighted by molar-refractivity contribution is 8.00. The van der Waals surface area contributed by atoms with E-state index in [-0.39, 0.29) is 5.91 Å². The Balaban J connectivity index is 1.86. The first kappa shape index (κ1) is 17.7. The molecule has 2 rings (SSSR count).